The van der Waals surface area contributed by atoms with Crippen molar-refractivity contribution in [3.05, 3.63) is 76.8 Å². The van der Waals surface area contributed by atoms with Crippen LogP contribution in [0.15, 0.2) is 75.5 Å². The van der Waals surface area contributed by atoms with Crippen molar-refractivity contribution in [2.45, 2.75) is 49.8 Å². The van der Waals surface area contributed by atoms with E-state index >= 15 is 0 Å². The summed E-state index contributed by atoms with van der Waals surface area (Å²) in [6, 6.07) is 8.25. The third-order valence-corrected chi connectivity index (χ3v) is 12.7. The predicted octanol–water partition coefficient (Wildman–Crippen LogP) is 5.08. The van der Waals surface area contributed by atoms with Crippen molar-refractivity contribution in [1.82, 2.24) is 19.0 Å². The van der Waals surface area contributed by atoms with E-state index in [2.05, 4.69) is 23.3 Å². The largest absolute Gasteiger partial charge is 0.493 e. The minimum atomic E-state index is -3.55. The molecule has 0 N–H and O–H groups in total. The maximum Gasteiger partial charge on any atom is 0.264 e. The van der Waals surface area contributed by atoms with Crippen molar-refractivity contribution in [1.29, 1.82) is 0 Å². The summed E-state index contributed by atoms with van der Waals surface area (Å²) in [6.07, 6.45) is 6.48. The SMILES string of the molecule is C=C1C(=O)N(C(CC2CCN(S(=O)(=O)c3cccs3)CC2)c2ccc(OC)c(OC)c2)C(=O)/C1=C(/C=C\CC)N1CCN(CC)CC1. The molecule has 0 bridgehead atoms. The van der Waals surface area contributed by atoms with Gasteiger partial charge in [0.25, 0.3) is 21.8 Å². The van der Waals surface area contributed by atoms with Gasteiger partial charge in [-0.05, 0) is 73.4 Å². The number of sulfonamides is 1. The van der Waals surface area contributed by atoms with Crippen molar-refractivity contribution < 1.29 is 27.5 Å². The summed E-state index contributed by atoms with van der Waals surface area (Å²) in [7, 11) is -0.431. The summed E-state index contributed by atoms with van der Waals surface area (Å²) < 4.78 is 39.3. The van der Waals surface area contributed by atoms with E-state index in [9.17, 15) is 18.0 Å². The topological polar surface area (TPSA) is 99.7 Å². The average Bonchev–Trinajstić information content (AvgIpc) is 3.72. The molecule has 10 nitrogen and oxygen atoms in total. The quantitative estimate of drug-likeness (QED) is 0.226. The molecule has 1 aromatic heterocycles. The van der Waals surface area contributed by atoms with Crippen LogP contribution >= 0.6 is 11.3 Å². The minimum Gasteiger partial charge on any atom is -0.493 e. The number of carbonyl (C=O) groups excluding carboxylic acids is 2. The van der Waals surface area contributed by atoms with Gasteiger partial charge in [-0.25, -0.2) is 8.42 Å². The van der Waals surface area contributed by atoms with Crippen LogP contribution < -0.4 is 9.47 Å². The van der Waals surface area contributed by atoms with E-state index in [1.165, 1.54) is 16.2 Å². The van der Waals surface area contributed by atoms with Gasteiger partial charge in [0.15, 0.2) is 11.5 Å². The number of ether oxygens (including phenoxy) is 2. The van der Waals surface area contributed by atoms with Crippen LogP contribution in [-0.2, 0) is 19.6 Å². The molecule has 0 aliphatic carbocycles. The lowest BCUT2D eigenvalue weighted by atomic mass is 9.87. The highest BCUT2D eigenvalue weighted by Gasteiger charge is 2.45. The van der Waals surface area contributed by atoms with Gasteiger partial charge < -0.3 is 19.3 Å². The van der Waals surface area contributed by atoms with Crippen LogP contribution in [0.3, 0.4) is 0 Å². The van der Waals surface area contributed by atoms with Crippen molar-refractivity contribution in [3.8, 4) is 11.5 Å². The van der Waals surface area contributed by atoms with Crippen LogP contribution in [0.5, 0.6) is 11.5 Å². The van der Waals surface area contributed by atoms with Crippen LogP contribution in [0.1, 0.15) is 51.1 Å². The molecule has 3 aliphatic rings. The molecule has 254 valence electrons. The van der Waals surface area contributed by atoms with E-state index in [-0.39, 0.29) is 17.4 Å². The number of hydrogen-bond acceptors (Lipinski definition) is 9. The van der Waals surface area contributed by atoms with Crippen molar-refractivity contribution >= 4 is 33.2 Å². The highest BCUT2D eigenvalue weighted by Crippen LogP contribution is 2.42. The number of nitrogens with zero attached hydrogens (tertiary/aromatic N) is 4. The predicted molar refractivity (Wildman–Crippen MR) is 184 cm³/mol. The lowest BCUT2D eigenvalue weighted by molar-refractivity contribution is -0.140. The molecule has 2 aromatic rings. The van der Waals surface area contributed by atoms with Gasteiger partial charge in [-0.3, -0.25) is 14.5 Å². The number of benzene rings is 1. The van der Waals surface area contributed by atoms with Gasteiger partial charge in [-0.1, -0.05) is 38.6 Å². The van der Waals surface area contributed by atoms with Crippen LogP contribution in [0.4, 0.5) is 0 Å². The fourth-order valence-corrected chi connectivity index (χ4v) is 9.33. The molecule has 3 fully saturated rings. The zero-order valence-corrected chi connectivity index (χ0v) is 29.4. The van der Waals surface area contributed by atoms with Gasteiger partial charge in [-0.15, -0.1) is 11.3 Å². The lowest BCUT2D eigenvalue weighted by Gasteiger charge is -2.37. The van der Waals surface area contributed by atoms with Crippen molar-refractivity contribution in [3.63, 3.8) is 0 Å². The summed E-state index contributed by atoms with van der Waals surface area (Å²) in [6.45, 7) is 13.3. The number of carbonyl (C=O) groups is 2. The third kappa shape index (κ3) is 7.20. The van der Waals surface area contributed by atoms with Crippen LogP contribution in [0.25, 0.3) is 0 Å². The molecule has 1 atom stereocenters. The molecule has 2 amide bonds. The summed E-state index contributed by atoms with van der Waals surface area (Å²) >= 11 is 1.22. The van der Waals surface area contributed by atoms with Gasteiger partial charge in [0, 0.05) is 44.8 Å². The van der Waals surface area contributed by atoms with Crippen molar-refractivity contribution in [2.24, 2.45) is 5.92 Å². The minimum absolute atomic E-state index is 0.0753. The summed E-state index contributed by atoms with van der Waals surface area (Å²) in [5.74, 6) is 0.361. The molecule has 0 radical (unpaired) electrons. The number of likely N-dealkylation sites (tertiary alicyclic amines) is 1. The number of amides is 2. The van der Waals surface area contributed by atoms with Crippen LogP contribution in [0, 0.1) is 5.92 Å². The van der Waals surface area contributed by atoms with Gasteiger partial charge in [-0.2, -0.15) is 4.31 Å². The first kappa shape index (κ1) is 34.9. The number of imide groups is 1. The number of thiophene rings is 1. The Bertz CT molecular complexity index is 1620. The molecular formula is C35H46N4O6S2. The first-order chi connectivity index (χ1) is 22.6. The Labute approximate surface area is 283 Å². The molecule has 47 heavy (non-hydrogen) atoms. The Morgan fingerprint density at radius 1 is 1.00 bits per heavy atom. The number of methoxy groups -OCH3 is 2. The fraction of sp³-hybridized carbons (Fsp3) is 0.486. The Kier molecular flexibility index (Phi) is 11.3. The third-order valence-electron chi connectivity index (χ3n) is 9.46. The van der Waals surface area contributed by atoms with Gasteiger partial charge in [0.1, 0.15) is 4.21 Å². The summed E-state index contributed by atoms with van der Waals surface area (Å²) in [4.78, 5) is 34.6. The summed E-state index contributed by atoms with van der Waals surface area (Å²) in [5.41, 5.74) is 2.04. The van der Waals surface area contributed by atoms with Gasteiger partial charge in [0.05, 0.1) is 31.5 Å². The highest BCUT2D eigenvalue weighted by atomic mass is 32.2. The second-order valence-corrected chi connectivity index (χ2v) is 15.2. The van der Waals surface area contributed by atoms with E-state index in [0.29, 0.717) is 53.6 Å². The molecule has 1 unspecified atom stereocenters. The molecule has 0 saturated carbocycles. The first-order valence-electron chi connectivity index (χ1n) is 16.3. The number of rotatable bonds is 12. The van der Waals surface area contributed by atoms with E-state index in [1.54, 1.807) is 42.1 Å². The molecule has 3 saturated heterocycles. The average molecular weight is 683 g/mol. The normalized spacial score (nSPS) is 20.8. The second kappa shape index (κ2) is 15.2. The zero-order chi connectivity index (χ0) is 33.7. The molecule has 3 aliphatic heterocycles. The number of likely N-dealkylation sites (N-methyl/N-ethyl adjacent to an activating group) is 1. The Morgan fingerprint density at radius 3 is 2.30 bits per heavy atom. The van der Waals surface area contributed by atoms with Crippen LogP contribution in [0.2, 0.25) is 0 Å². The Balaban J connectivity index is 1.48. The molecular weight excluding hydrogens is 637 g/mol. The highest BCUT2D eigenvalue weighted by molar-refractivity contribution is 7.91. The molecule has 12 heteroatoms. The van der Waals surface area contributed by atoms with Crippen molar-refractivity contribution in [2.75, 3.05) is 60.0 Å². The molecule has 5 rings (SSSR count). The Hall–Kier alpha value is -3.45. The van der Waals surface area contributed by atoms with E-state index in [0.717, 1.165) is 50.4 Å². The smallest absolute Gasteiger partial charge is 0.264 e. The number of allylic oxidation sites excluding steroid dienone is 2. The van der Waals surface area contributed by atoms with E-state index in [1.807, 2.05) is 31.2 Å². The van der Waals surface area contributed by atoms with E-state index < -0.39 is 22.0 Å². The first-order valence-corrected chi connectivity index (χ1v) is 18.7. The monoisotopic (exact) mass is 682 g/mol. The molecule has 4 heterocycles. The van der Waals surface area contributed by atoms with Crippen LogP contribution in [-0.4, -0.2) is 99.3 Å². The number of piperidine rings is 1. The fourth-order valence-electron chi connectivity index (χ4n) is 6.71. The maximum absolute atomic E-state index is 14.5. The molecule has 0 spiro atoms. The van der Waals surface area contributed by atoms with Gasteiger partial charge in [0.2, 0.25) is 0 Å². The van der Waals surface area contributed by atoms with E-state index in [4.69, 9.17) is 9.47 Å². The number of hydrogen-bond donors (Lipinski definition) is 0. The summed E-state index contributed by atoms with van der Waals surface area (Å²) in [5, 5.41) is 1.77. The second-order valence-electron chi connectivity index (χ2n) is 12.1. The van der Waals surface area contributed by atoms with Gasteiger partial charge >= 0.3 is 0 Å². The zero-order valence-electron chi connectivity index (χ0n) is 27.8. The lowest BCUT2D eigenvalue weighted by Crippen LogP contribution is -2.45. The number of piperazine rings is 1. The molecule has 1 aromatic carbocycles. The Morgan fingerprint density at radius 2 is 1.70 bits per heavy atom. The standard InChI is InChI=1S/C35H46N4O6S2/c1-6-8-10-28(37-20-18-36(7-2)19-21-37)33-25(3)34(40)39(35(33)41)29(27-12-13-30(44-4)31(24-27)45-5)23-26-14-16-38(17-15-26)47(42,43)32-11-9-22-46-32/h8-13,22,24,26,29H,3,6-7,14-21,23H2,1-2,4-5H3/b10-8-,33-28-. The maximum atomic E-state index is 14.5.